The number of carbonyl (C=O) groups is 3. The van der Waals surface area contributed by atoms with Crippen LogP contribution >= 0.6 is 0 Å². The molecular formula is C47H74N2O13. The maximum atomic E-state index is 13.5. The van der Waals surface area contributed by atoms with Gasteiger partial charge in [-0.05, 0) is 84.7 Å². The van der Waals surface area contributed by atoms with E-state index in [2.05, 4.69) is 5.32 Å². The van der Waals surface area contributed by atoms with E-state index in [9.17, 15) is 29.7 Å². The summed E-state index contributed by atoms with van der Waals surface area (Å²) in [5.41, 5.74) is -0.384. The van der Waals surface area contributed by atoms with Gasteiger partial charge in [-0.15, -0.1) is 0 Å². The first kappa shape index (κ1) is 51.5. The number of aliphatic hydroxyl groups excluding tert-OH is 2. The highest BCUT2D eigenvalue weighted by atomic mass is 16.7. The van der Waals surface area contributed by atoms with Gasteiger partial charge in [0, 0.05) is 38.8 Å². The van der Waals surface area contributed by atoms with Crippen molar-refractivity contribution in [2.24, 2.45) is 17.8 Å². The summed E-state index contributed by atoms with van der Waals surface area (Å²) in [4.78, 5) is 41.0. The lowest BCUT2D eigenvalue weighted by atomic mass is 9.82. The van der Waals surface area contributed by atoms with Gasteiger partial charge in [0.15, 0.2) is 24.5 Å². The van der Waals surface area contributed by atoms with E-state index >= 15 is 0 Å². The Balaban J connectivity index is 1.63. The Kier molecular flexibility index (Phi) is 20.2. The number of cyclic esters (lactones) is 1. The molecule has 4 N–H and O–H groups in total. The lowest BCUT2D eigenvalue weighted by Gasteiger charge is -2.50. The first-order valence-corrected chi connectivity index (χ1v) is 22.2. The number of benzene rings is 1. The quantitative estimate of drug-likeness (QED) is 0.153. The third-order valence-corrected chi connectivity index (χ3v) is 11.9. The predicted octanol–water partition coefficient (Wildman–Crippen LogP) is 4.24. The number of nitrogens with zero attached hydrogens (tertiary/aromatic N) is 1. The van der Waals surface area contributed by atoms with Crippen LogP contribution < -0.4 is 5.32 Å². The zero-order valence-corrected chi connectivity index (χ0v) is 38.4. The van der Waals surface area contributed by atoms with Crippen LogP contribution in [0.5, 0.6) is 0 Å². The van der Waals surface area contributed by atoms with Gasteiger partial charge in [-0.25, -0.2) is 0 Å². The molecule has 0 saturated carbocycles. The van der Waals surface area contributed by atoms with Gasteiger partial charge in [-0.2, -0.15) is 0 Å². The van der Waals surface area contributed by atoms with Crippen LogP contribution in [0.2, 0.25) is 0 Å². The van der Waals surface area contributed by atoms with E-state index in [0.29, 0.717) is 32.4 Å². The van der Waals surface area contributed by atoms with Crippen LogP contribution in [0, 0.1) is 17.8 Å². The summed E-state index contributed by atoms with van der Waals surface area (Å²) in [6.45, 7) is 13.6. The van der Waals surface area contributed by atoms with Gasteiger partial charge in [0.1, 0.15) is 30.0 Å². The fourth-order valence-electron chi connectivity index (χ4n) is 8.72. The Labute approximate surface area is 368 Å². The Morgan fingerprint density at radius 2 is 1.69 bits per heavy atom. The maximum absolute atomic E-state index is 13.5. The number of allylic oxidation sites excluding steroid dienone is 3. The summed E-state index contributed by atoms with van der Waals surface area (Å²) >= 11 is 0. The molecule has 0 bridgehead atoms. The molecule has 0 aliphatic carbocycles. The summed E-state index contributed by atoms with van der Waals surface area (Å²) in [6.07, 6.45) is -2.85. The van der Waals surface area contributed by atoms with Gasteiger partial charge in [-0.1, -0.05) is 69.3 Å². The van der Waals surface area contributed by atoms with E-state index in [-0.39, 0.29) is 31.0 Å². The van der Waals surface area contributed by atoms with Crippen molar-refractivity contribution >= 4 is 17.7 Å². The Morgan fingerprint density at radius 1 is 0.984 bits per heavy atom. The lowest BCUT2D eigenvalue weighted by Crippen LogP contribution is -2.66. The number of carbonyl (C=O) groups excluding carboxylic acids is 3. The first-order chi connectivity index (χ1) is 29.3. The molecule has 3 heterocycles. The third kappa shape index (κ3) is 15.0. The molecule has 0 radical (unpaired) electrons. The fraction of sp³-hybridized carbons (Fsp3) is 0.723. The van der Waals surface area contributed by atoms with Crippen LogP contribution in [0.4, 0.5) is 0 Å². The minimum absolute atomic E-state index is 0.0184. The molecule has 350 valence electrons. The highest BCUT2D eigenvalue weighted by molar-refractivity contribution is 5.91. The number of rotatable bonds is 14. The lowest BCUT2D eigenvalue weighted by molar-refractivity contribution is -0.344. The minimum atomic E-state index is -1.48. The van der Waals surface area contributed by atoms with Crippen LogP contribution in [0.15, 0.2) is 54.6 Å². The molecule has 2 fully saturated rings. The molecule has 0 amide bonds. The number of nitrogens with one attached hydrogen (secondary N) is 1. The van der Waals surface area contributed by atoms with Gasteiger partial charge in [0.25, 0.3) is 0 Å². The van der Waals surface area contributed by atoms with Crippen LogP contribution in [-0.4, -0.2) is 145 Å². The molecule has 15 heteroatoms. The van der Waals surface area contributed by atoms with Crippen LogP contribution in [0.1, 0.15) is 92.6 Å². The monoisotopic (exact) mass is 875 g/mol. The molecule has 0 spiro atoms. The van der Waals surface area contributed by atoms with Crippen molar-refractivity contribution in [3.63, 3.8) is 0 Å². The maximum Gasteiger partial charge on any atom is 0.308 e. The van der Waals surface area contributed by atoms with Crippen LogP contribution in [0.3, 0.4) is 0 Å². The molecular weight excluding hydrogens is 801 g/mol. The number of ether oxygens (including phenoxy) is 7. The van der Waals surface area contributed by atoms with Gasteiger partial charge in [0.2, 0.25) is 0 Å². The molecule has 0 aromatic heterocycles. The molecule has 1 aromatic carbocycles. The second-order valence-electron chi connectivity index (χ2n) is 18.2. The third-order valence-electron chi connectivity index (χ3n) is 11.9. The second kappa shape index (κ2) is 24.3. The summed E-state index contributed by atoms with van der Waals surface area (Å²) < 4.78 is 43.3. The molecule has 15 nitrogen and oxygen atoms in total. The molecule has 62 heavy (non-hydrogen) atoms. The smallest absolute Gasteiger partial charge is 0.308 e. The van der Waals surface area contributed by atoms with Crippen molar-refractivity contribution in [1.82, 2.24) is 10.2 Å². The summed E-state index contributed by atoms with van der Waals surface area (Å²) in [5, 5.41) is 38.9. The molecule has 2 saturated heterocycles. The van der Waals surface area contributed by atoms with Crippen molar-refractivity contribution in [2.75, 3.05) is 27.7 Å². The zero-order valence-electron chi connectivity index (χ0n) is 38.4. The normalized spacial score (nSPS) is 37.8. The Morgan fingerprint density at radius 3 is 2.34 bits per heavy atom. The SMILES string of the molecule is CO[C@@H]1[C@@H](O[C@@H]2O[C@H](C)[C@@H](O[C@H]3C[C@@](C)(O)[C@@H](OC(=O)CC(C)C)[C@H](C)O3)[C@H](N(C)C)[C@H]2O)[C@@H](CCNCc2ccccc2)C[C@@H](C)C(=O)/C=C/C=C\C[C@@H](C)OC(=O)C[C@H]1O. The largest absolute Gasteiger partial charge is 0.462 e. The molecule has 3 aliphatic rings. The highest BCUT2D eigenvalue weighted by Gasteiger charge is 2.52. The number of hydrogen-bond acceptors (Lipinski definition) is 15. The number of esters is 2. The molecule has 1 aromatic rings. The van der Waals surface area contributed by atoms with Crippen molar-refractivity contribution in [1.29, 1.82) is 0 Å². The highest BCUT2D eigenvalue weighted by Crippen LogP contribution is 2.37. The second-order valence-corrected chi connectivity index (χ2v) is 18.2. The number of likely N-dealkylation sites (N-methyl/N-ethyl adjacent to an activating group) is 1. The average Bonchev–Trinajstić information content (AvgIpc) is 3.18. The van der Waals surface area contributed by atoms with E-state index in [0.717, 1.165) is 5.56 Å². The van der Waals surface area contributed by atoms with E-state index in [1.165, 1.54) is 13.2 Å². The molecule has 0 unspecified atom stereocenters. The zero-order chi connectivity index (χ0) is 45.7. The summed E-state index contributed by atoms with van der Waals surface area (Å²) in [6, 6.07) is 9.21. The Hall–Kier alpha value is -3.09. The van der Waals surface area contributed by atoms with Crippen molar-refractivity contribution < 1.29 is 62.9 Å². The predicted molar refractivity (Wildman–Crippen MR) is 231 cm³/mol. The van der Waals surface area contributed by atoms with Crippen molar-refractivity contribution in [3.8, 4) is 0 Å². The number of aliphatic hydroxyl groups is 3. The van der Waals surface area contributed by atoms with Gasteiger partial charge < -0.3 is 58.7 Å². The van der Waals surface area contributed by atoms with Crippen LogP contribution in [0.25, 0.3) is 0 Å². The summed E-state index contributed by atoms with van der Waals surface area (Å²) in [7, 11) is 5.01. The number of hydrogen-bond donors (Lipinski definition) is 4. The Bertz CT molecular complexity index is 1600. The fourth-order valence-corrected chi connectivity index (χ4v) is 8.72. The first-order valence-electron chi connectivity index (χ1n) is 22.2. The van der Waals surface area contributed by atoms with Crippen molar-refractivity contribution in [3.05, 3.63) is 60.2 Å². The van der Waals surface area contributed by atoms with Crippen molar-refractivity contribution in [2.45, 2.75) is 173 Å². The molecule has 15 atom stereocenters. The van der Waals surface area contributed by atoms with E-state index in [4.69, 9.17) is 33.2 Å². The topological polar surface area (TPSA) is 192 Å². The minimum Gasteiger partial charge on any atom is -0.462 e. The van der Waals surface area contributed by atoms with Gasteiger partial charge >= 0.3 is 11.9 Å². The molecule has 3 aliphatic heterocycles. The summed E-state index contributed by atoms with van der Waals surface area (Å²) in [5.74, 6) is -1.96. The van der Waals surface area contributed by atoms with Gasteiger partial charge in [0.05, 0.1) is 36.9 Å². The van der Waals surface area contributed by atoms with E-state index in [1.807, 2.05) is 57.2 Å². The van der Waals surface area contributed by atoms with E-state index in [1.54, 1.807) is 58.8 Å². The standard InChI is InChI=1S/C47H74N2O13/c1-28(2)23-37(52)60-45-32(6)58-39(26-47(45,7)55)61-42-31(5)59-46(41(54)40(42)49(8)9)62-43-34(21-22-48-27-33-18-14-12-15-19-33)24-29(3)35(50)20-16-11-13-17-30(4)57-38(53)25-36(51)44(43)56-10/h11-16,18-20,28-32,34,36,39-46,48,51,54-55H,17,21-27H2,1-10H3/b13-11-,20-16+/t29-,30-,31-,32+,34+,36-,39+,40-,41-,42-,43+,44+,45+,46+,47-/m1/s1. The number of methoxy groups -OCH3 is 1. The van der Waals surface area contributed by atoms with Crippen LogP contribution in [-0.2, 0) is 54.1 Å². The molecule has 4 rings (SSSR count). The van der Waals surface area contributed by atoms with E-state index < -0.39 is 103 Å². The van der Waals surface area contributed by atoms with Gasteiger partial charge in [-0.3, -0.25) is 14.4 Å². The number of ketones is 1. The average molecular weight is 875 g/mol.